The highest BCUT2D eigenvalue weighted by molar-refractivity contribution is 5.79. The zero-order chi connectivity index (χ0) is 36.8. The second kappa shape index (κ2) is 16.3. The predicted molar refractivity (Wildman–Crippen MR) is 187 cm³/mol. The van der Waals surface area contributed by atoms with Crippen LogP contribution in [-0.2, 0) is 38.0 Å². The molecule has 4 N–H and O–H groups in total. The van der Waals surface area contributed by atoms with E-state index in [1.165, 1.54) is 0 Å². The van der Waals surface area contributed by atoms with Crippen LogP contribution < -0.4 is 0 Å². The highest BCUT2D eigenvalue weighted by Crippen LogP contribution is 2.44. The van der Waals surface area contributed by atoms with E-state index in [2.05, 4.69) is 27.0 Å². The van der Waals surface area contributed by atoms with Gasteiger partial charge in [-0.1, -0.05) is 27.0 Å². The molecule has 0 saturated carbocycles. The zero-order valence-electron chi connectivity index (χ0n) is 30.8. The maximum absolute atomic E-state index is 13.8. The van der Waals surface area contributed by atoms with Crippen molar-refractivity contribution in [2.75, 3.05) is 6.61 Å². The van der Waals surface area contributed by atoms with Gasteiger partial charge in [-0.25, -0.2) is 0 Å². The molecule has 0 amide bonds. The maximum Gasteiger partial charge on any atom is 0.135 e. The Kier molecular flexibility index (Phi) is 12.1. The number of carbonyl (C=O) groups excluding carboxylic acids is 2. The Morgan fingerprint density at radius 1 is 0.692 bits per heavy atom. The molecule has 0 aromatic carbocycles. The van der Waals surface area contributed by atoms with Gasteiger partial charge in [0.1, 0.15) is 42.1 Å². The molecular formula is C40H60O12. The van der Waals surface area contributed by atoms with Crippen LogP contribution in [0.1, 0.15) is 97.3 Å². The van der Waals surface area contributed by atoms with Crippen molar-refractivity contribution in [3.05, 3.63) is 24.3 Å². The topological polar surface area (TPSA) is 170 Å². The second-order valence-electron chi connectivity index (χ2n) is 17.0. The van der Waals surface area contributed by atoms with E-state index in [1.807, 2.05) is 0 Å². The molecule has 0 aromatic heterocycles. The molecule has 11 unspecified atom stereocenters. The molecule has 292 valence electrons. The molecule has 7 aliphatic rings. The van der Waals surface area contributed by atoms with Crippen molar-refractivity contribution in [1.82, 2.24) is 0 Å². The highest BCUT2D eigenvalue weighted by atomic mass is 16.6. The summed E-state index contributed by atoms with van der Waals surface area (Å²) in [5.74, 6) is 0.0495. The minimum atomic E-state index is -1.08. The first-order chi connectivity index (χ1) is 24.9. The van der Waals surface area contributed by atoms with Gasteiger partial charge in [0.2, 0.25) is 0 Å². The molecular weight excluding hydrogens is 672 g/mol. The monoisotopic (exact) mass is 732 g/mol. The van der Waals surface area contributed by atoms with Crippen LogP contribution in [0.15, 0.2) is 24.3 Å². The van der Waals surface area contributed by atoms with E-state index in [9.17, 15) is 30.0 Å². The highest BCUT2D eigenvalue weighted by Gasteiger charge is 2.57. The van der Waals surface area contributed by atoms with Gasteiger partial charge in [-0.3, -0.25) is 9.59 Å². The van der Waals surface area contributed by atoms with Crippen LogP contribution in [0, 0.1) is 17.8 Å². The first kappa shape index (κ1) is 38.7. The Bertz CT molecular complexity index is 1320. The minimum absolute atomic E-state index is 0.00785. The molecule has 7 heterocycles. The lowest BCUT2D eigenvalue weighted by Gasteiger charge is -2.46. The minimum Gasteiger partial charge on any atom is -0.394 e. The lowest BCUT2D eigenvalue weighted by molar-refractivity contribution is -0.259. The Morgan fingerprint density at radius 2 is 1.40 bits per heavy atom. The summed E-state index contributed by atoms with van der Waals surface area (Å²) in [6.07, 6.45) is -1.85. The van der Waals surface area contributed by atoms with Crippen LogP contribution in [0.4, 0.5) is 0 Å². The molecule has 12 nitrogen and oxygen atoms in total. The van der Waals surface area contributed by atoms with E-state index in [0.29, 0.717) is 32.1 Å². The first-order valence-electron chi connectivity index (χ1n) is 19.9. The number of Topliss-reactive ketones (excluding diaryl/α,β-unsaturated/α-hetero) is 2. The van der Waals surface area contributed by atoms with Crippen molar-refractivity contribution >= 4 is 11.6 Å². The quantitative estimate of drug-likeness (QED) is 0.314. The van der Waals surface area contributed by atoms with Gasteiger partial charge >= 0.3 is 0 Å². The molecule has 0 aromatic rings. The van der Waals surface area contributed by atoms with Gasteiger partial charge in [0.05, 0.1) is 67.6 Å². The second-order valence-corrected chi connectivity index (χ2v) is 17.0. The fraction of sp³-hybridized carbons (Fsp3) is 0.850. The number of hydrogen-bond donors (Lipinski definition) is 4. The average Bonchev–Trinajstić information content (AvgIpc) is 3.73. The Balaban J connectivity index is 1.10. The largest absolute Gasteiger partial charge is 0.394 e. The number of rotatable bonds is 3. The van der Waals surface area contributed by atoms with Crippen LogP contribution in [-0.4, -0.2) is 130 Å². The molecule has 8 bridgehead atoms. The zero-order valence-corrected chi connectivity index (χ0v) is 30.8. The van der Waals surface area contributed by atoms with Crippen LogP contribution in [0.25, 0.3) is 0 Å². The van der Waals surface area contributed by atoms with E-state index in [4.69, 9.17) is 28.4 Å². The van der Waals surface area contributed by atoms with Gasteiger partial charge in [0, 0.05) is 38.5 Å². The summed E-state index contributed by atoms with van der Waals surface area (Å²) >= 11 is 0. The molecule has 12 heteroatoms. The lowest BCUT2D eigenvalue weighted by Crippen LogP contribution is -2.61. The standard InChI is InChI=1S/C40H60O12/c1-19-11-27-7-9-30-20(2)12-26(47-30)6-5-23(42)15-35-36(45)39-40(52-35)37(46)38-31(51-39)10-8-28(49-38)13-24(43)14-29-22(4)32(16-25(44)18-41)50-34(29)17-33(48-27)21(19)3/h19,22,25-41,44-46H,2-3,5-18H2,1,4H3/t19-,22-,25?,26?,27+,28?,29?,30+,31?,32-,33-,34?,35?,36?,37?,38+,39?,40?/m1/s1. The molecule has 18 atom stereocenters. The molecule has 0 spiro atoms. The van der Waals surface area contributed by atoms with Crippen molar-refractivity contribution in [2.45, 2.75) is 189 Å². The van der Waals surface area contributed by atoms with E-state index in [-0.39, 0.29) is 105 Å². The number of aliphatic hydroxyl groups excluding tert-OH is 4. The van der Waals surface area contributed by atoms with Gasteiger partial charge < -0.3 is 48.8 Å². The van der Waals surface area contributed by atoms with E-state index in [0.717, 1.165) is 30.4 Å². The fourth-order valence-corrected chi connectivity index (χ4v) is 10.1. The molecule has 7 aliphatic heterocycles. The molecule has 0 radical (unpaired) electrons. The lowest BCUT2D eigenvalue weighted by atomic mass is 9.79. The summed E-state index contributed by atoms with van der Waals surface area (Å²) in [4.78, 5) is 26.9. The number of hydrogen-bond acceptors (Lipinski definition) is 12. The summed E-state index contributed by atoms with van der Waals surface area (Å²) in [5, 5.41) is 42.5. The summed E-state index contributed by atoms with van der Waals surface area (Å²) in [6, 6.07) is 0. The molecule has 7 rings (SSSR count). The Hall–Kier alpha value is -1.58. The van der Waals surface area contributed by atoms with Crippen molar-refractivity contribution in [3.63, 3.8) is 0 Å². The van der Waals surface area contributed by atoms with E-state index < -0.39 is 54.9 Å². The molecule has 7 fully saturated rings. The number of ether oxygens (including phenoxy) is 6. The van der Waals surface area contributed by atoms with Crippen LogP contribution in [0.3, 0.4) is 0 Å². The van der Waals surface area contributed by atoms with E-state index in [1.54, 1.807) is 0 Å². The molecule has 52 heavy (non-hydrogen) atoms. The Morgan fingerprint density at radius 3 is 2.19 bits per heavy atom. The third-order valence-corrected chi connectivity index (χ3v) is 13.3. The summed E-state index contributed by atoms with van der Waals surface area (Å²) in [5.41, 5.74) is 2.04. The fourth-order valence-electron chi connectivity index (χ4n) is 10.1. The SMILES string of the molecule is C=C1CC2CCC(=O)CC3OC4C(OC5CCC(CC(=O)CC6C(C[C@H]7O[C@@H](CC[C@@H]1O2)C[C@@H](C)C7=C)O[C@H](CC(O)CO)[C@@H]6C)O[C@@H]5C4O)C3O. The number of ketones is 2. The third-order valence-electron chi connectivity index (χ3n) is 13.3. The van der Waals surface area contributed by atoms with Crippen LogP contribution in [0.2, 0.25) is 0 Å². The number of aliphatic hydroxyl groups is 4. The van der Waals surface area contributed by atoms with Crippen LogP contribution >= 0.6 is 0 Å². The molecule has 7 saturated heterocycles. The van der Waals surface area contributed by atoms with E-state index >= 15 is 0 Å². The smallest absolute Gasteiger partial charge is 0.135 e. The van der Waals surface area contributed by atoms with Crippen LogP contribution in [0.5, 0.6) is 0 Å². The maximum atomic E-state index is 13.8. The average molecular weight is 733 g/mol. The number of fused-ring (bicyclic) bond motifs is 7. The third kappa shape index (κ3) is 8.17. The summed E-state index contributed by atoms with van der Waals surface area (Å²) < 4.78 is 38.4. The number of carbonyl (C=O) groups is 2. The van der Waals surface area contributed by atoms with Crippen molar-refractivity contribution in [1.29, 1.82) is 0 Å². The first-order valence-corrected chi connectivity index (χ1v) is 19.9. The van der Waals surface area contributed by atoms with Gasteiger partial charge in [0.15, 0.2) is 0 Å². The normalized spacial score (nSPS) is 48.4. The van der Waals surface area contributed by atoms with Crippen molar-refractivity contribution in [2.24, 2.45) is 17.8 Å². The Labute approximate surface area is 307 Å². The summed E-state index contributed by atoms with van der Waals surface area (Å²) in [6.45, 7) is 12.6. The summed E-state index contributed by atoms with van der Waals surface area (Å²) in [7, 11) is 0. The van der Waals surface area contributed by atoms with Crippen molar-refractivity contribution < 1.29 is 58.4 Å². The van der Waals surface area contributed by atoms with Crippen molar-refractivity contribution in [3.8, 4) is 0 Å². The van der Waals surface area contributed by atoms with Gasteiger partial charge in [-0.15, -0.1) is 0 Å². The predicted octanol–water partition coefficient (Wildman–Crippen LogP) is 2.89. The van der Waals surface area contributed by atoms with Gasteiger partial charge in [-0.2, -0.15) is 0 Å². The van der Waals surface area contributed by atoms with Gasteiger partial charge in [0.25, 0.3) is 0 Å². The van der Waals surface area contributed by atoms with Gasteiger partial charge in [-0.05, 0) is 73.8 Å². The molecule has 0 aliphatic carbocycles.